The van der Waals surface area contributed by atoms with Gasteiger partial charge in [0.25, 0.3) is 0 Å². The van der Waals surface area contributed by atoms with Crippen LogP contribution in [-0.4, -0.2) is 44.7 Å². The van der Waals surface area contributed by atoms with E-state index in [9.17, 15) is 0 Å². The van der Waals surface area contributed by atoms with E-state index in [4.69, 9.17) is 0 Å². The first kappa shape index (κ1) is 16.3. The van der Waals surface area contributed by atoms with Crippen molar-refractivity contribution in [1.82, 2.24) is 10.2 Å². The molecule has 0 bridgehead atoms. The SMILES string of the molecule is CCCNC(C)c1ccc(N(C)C2CCCN(C)C2)cc1. The molecule has 0 aromatic heterocycles. The monoisotopic (exact) mass is 289 g/mol. The van der Waals surface area contributed by atoms with Crippen LogP contribution < -0.4 is 10.2 Å². The lowest BCUT2D eigenvalue weighted by Gasteiger charge is -2.37. The molecular formula is C18H31N3. The molecule has 3 heteroatoms. The summed E-state index contributed by atoms with van der Waals surface area (Å²) in [4.78, 5) is 4.89. The fourth-order valence-corrected chi connectivity index (χ4v) is 3.14. The topological polar surface area (TPSA) is 18.5 Å². The van der Waals surface area contributed by atoms with Crippen LogP contribution in [0.5, 0.6) is 0 Å². The minimum atomic E-state index is 0.435. The van der Waals surface area contributed by atoms with Crippen LogP contribution in [0.3, 0.4) is 0 Å². The molecule has 1 aromatic rings. The molecule has 1 aromatic carbocycles. The number of anilines is 1. The predicted octanol–water partition coefficient (Wildman–Crippen LogP) is 3.28. The molecule has 1 aliphatic heterocycles. The van der Waals surface area contributed by atoms with Crippen LogP contribution in [0.1, 0.15) is 44.7 Å². The van der Waals surface area contributed by atoms with E-state index in [1.54, 1.807) is 0 Å². The fourth-order valence-electron chi connectivity index (χ4n) is 3.14. The van der Waals surface area contributed by atoms with Crippen molar-refractivity contribution < 1.29 is 0 Å². The molecule has 0 radical (unpaired) electrons. The van der Waals surface area contributed by atoms with E-state index in [1.807, 2.05) is 0 Å². The van der Waals surface area contributed by atoms with Gasteiger partial charge in [-0.15, -0.1) is 0 Å². The second-order valence-corrected chi connectivity index (χ2v) is 6.44. The molecule has 118 valence electrons. The molecule has 0 spiro atoms. The Kier molecular flexibility index (Phi) is 6.07. The van der Waals surface area contributed by atoms with Crippen molar-refractivity contribution in [2.75, 3.05) is 38.6 Å². The zero-order valence-electron chi connectivity index (χ0n) is 14.1. The maximum atomic E-state index is 3.55. The van der Waals surface area contributed by atoms with E-state index in [1.165, 1.54) is 43.6 Å². The molecule has 0 saturated carbocycles. The summed E-state index contributed by atoms with van der Waals surface area (Å²) in [7, 11) is 4.46. The number of nitrogens with one attached hydrogen (secondary N) is 1. The molecule has 1 fully saturated rings. The van der Waals surface area contributed by atoms with Crippen LogP contribution >= 0.6 is 0 Å². The van der Waals surface area contributed by atoms with Crippen LogP contribution in [0.4, 0.5) is 5.69 Å². The second-order valence-electron chi connectivity index (χ2n) is 6.44. The number of hydrogen-bond donors (Lipinski definition) is 1. The molecular weight excluding hydrogens is 258 g/mol. The third-order valence-electron chi connectivity index (χ3n) is 4.65. The summed E-state index contributed by atoms with van der Waals surface area (Å²) in [5, 5.41) is 3.55. The summed E-state index contributed by atoms with van der Waals surface area (Å²) in [5.41, 5.74) is 2.71. The van der Waals surface area contributed by atoms with Gasteiger partial charge in [-0.25, -0.2) is 0 Å². The van der Waals surface area contributed by atoms with Crippen LogP contribution in [0.15, 0.2) is 24.3 Å². The molecule has 1 saturated heterocycles. The van der Waals surface area contributed by atoms with E-state index < -0.39 is 0 Å². The lowest BCUT2D eigenvalue weighted by Crippen LogP contribution is -2.45. The van der Waals surface area contributed by atoms with Gasteiger partial charge in [-0.05, 0) is 64.0 Å². The standard InChI is InChI=1S/C18H31N3/c1-5-12-19-15(2)16-8-10-17(11-9-16)21(4)18-7-6-13-20(3)14-18/h8-11,15,18-19H,5-7,12-14H2,1-4H3. The van der Waals surface area contributed by atoms with Crippen LogP contribution in [-0.2, 0) is 0 Å². The number of benzene rings is 1. The first-order valence-electron chi connectivity index (χ1n) is 8.36. The average molecular weight is 289 g/mol. The molecule has 1 N–H and O–H groups in total. The molecule has 1 heterocycles. The van der Waals surface area contributed by atoms with Gasteiger partial charge in [0.1, 0.15) is 0 Å². The fraction of sp³-hybridized carbons (Fsp3) is 0.667. The normalized spacial score (nSPS) is 21.2. The van der Waals surface area contributed by atoms with Crippen LogP contribution in [0.25, 0.3) is 0 Å². The lowest BCUT2D eigenvalue weighted by atomic mass is 10.0. The van der Waals surface area contributed by atoms with Gasteiger partial charge in [-0.1, -0.05) is 19.1 Å². The molecule has 2 unspecified atom stereocenters. The van der Waals surface area contributed by atoms with Gasteiger partial charge in [-0.3, -0.25) is 0 Å². The van der Waals surface area contributed by atoms with Crippen LogP contribution in [0.2, 0.25) is 0 Å². The first-order valence-corrected chi connectivity index (χ1v) is 8.36. The van der Waals surface area contributed by atoms with Crippen molar-refractivity contribution >= 4 is 5.69 Å². The Labute approximate surface area is 130 Å². The minimum Gasteiger partial charge on any atom is -0.370 e. The number of likely N-dealkylation sites (N-methyl/N-ethyl adjacent to an activating group) is 2. The smallest absolute Gasteiger partial charge is 0.0414 e. The van der Waals surface area contributed by atoms with Gasteiger partial charge < -0.3 is 15.1 Å². The summed E-state index contributed by atoms with van der Waals surface area (Å²) in [6.07, 6.45) is 3.79. The van der Waals surface area contributed by atoms with Crippen molar-refractivity contribution in [3.05, 3.63) is 29.8 Å². The van der Waals surface area contributed by atoms with Gasteiger partial charge in [-0.2, -0.15) is 0 Å². The molecule has 2 atom stereocenters. The van der Waals surface area contributed by atoms with Gasteiger partial charge >= 0.3 is 0 Å². The molecule has 0 aliphatic carbocycles. The predicted molar refractivity (Wildman–Crippen MR) is 92.1 cm³/mol. The number of rotatable bonds is 6. The molecule has 3 nitrogen and oxygen atoms in total. The quantitative estimate of drug-likeness (QED) is 0.867. The Morgan fingerprint density at radius 3 is 2.67 bits per heavy atom. The van der Waals surface area contributed by atoms with Crippen molar-refractivity contribution in [3.8, 4) is 0 Å². The molecule has 1 aliphatic rings. The highest BCUT2D eigenvalue weighted by molar-refractivity contribution is 5.48. The number of hydrogen-bond acceptors (Lipinski definition) is 3. The van der Waals surface area contributed by atoms with E-state index >= 15 is 0 Å². The zero-order chi connectivity index (χ0) is 15.2. The van der Waals surface area contributed by atoms with Gasteiger partial charge in [0.2, 0.25) is 0 Å². The van der Waals surface area contributed by atoms with Gasteiger partial charge in [0.15, 0.2) is 0 Å². The highest BCUT2D eigenvalue weighted by Gasteiger charge is 2.21. The maximum absolute atomic E-state index is 3.55. The largest absolute Gasteiger partial charge is 0.370 e. The average Bonchev–Trinajstić information content (AvgIpc) is 2.52. The highest BCUT2D eigenvalue weighted by Crippen LogP contribution is 2.23. The van der Waals surface area contributed by atoms with Gasteiger partial charge in [0, 0.05) is 31.4 Å². The zero-order valence-corrected chi connectivity index (χ0v) is 14.1. The Hall–Kier alpha value is -1.06. The molecule has 0 amide bonds. The maximum Gasteiger partial charge on any atom is 0.0414 e. The molecule has 2 rings (SSSR count). The number of nitrogens with zero attached hydrogens (tertiary/aromatic N) is 2. The minimum absolute atomic E-state index is 0.435. The Balaban J connectivity index is 1.97. The van der Waals surface area contributed by atoms with Crippen molar-refractivity contribution in [1.29, 1.82) is 0 Å². The third-order valence-corrected chi connectivity index (χ3v) is 4.65. The van der Waals surface area contributed by atoms with Crippen molar-refractivity contribution in [3.63, 3.8) is 0 Å². The van der Waals surface area contributed by atoms with Crippen molar-refractivity contribution in [2.24, 2.45) is 0 Å². The Morgan fingerprint density at radius 2 is 2.05 bits per heavy atom. The van der Waals surface area contributed by atoms with E-state index in [-0.39, 0.29) is 0 Å². The van der Waals surface area contributed by atoms with E-state index in [0.29, 0.717) is 12.1 Å². The summed E-state index contributed by atoms with van der Waals surface area (Å²) in [6, 6.07) is 10.2. The Morgan fingerprint density at radius 1 is 1.33 bits per heavy atom. The van der Waals surface area contributed by atoms with E-state index in [0.717, 1.165) is 6.54 Å². The summed E-state index contributed by atoms with van der Waals surface area (Å²) >= 11 is 0. The highest BCUT2D eigenvalue weighted by atomic mass is 15.2. The van der Waals surface area contributed by atoms with Crippen LogP contribution in [0, 0.1) is 0 Å². The number of likely N-dealkylation sites (tertiary alicyclic amines) is 1. The second kappa shape index (κ2) is 7.81. The first-order chi connectivity index (χ1) is 10.1. The summed E-state index contributed by atoms with van der Waals surface area (Å²) < 4.78 is 0. The van der Waals surface area contributed by atoms with Crippen molar-refractivity contribution in [2.45, 2.75) is 45.2 Å². The van der Waals surface area contributed by atoms with Gasteiger partial charge in [0.05, 0.1) is 0 Å². The lowest BCUT2D eigenvalue weighted by molar-refractivity contribution is 0.248. The van der Waals surface area contributed by atoms with E-state index in [2.05, 4.69) is 67.3 Å². The summed E-state index contributed by atoms with van der Waals surface area (Å²) in [5.74, 6) is 0. The Bertz CT molecular complexity index is 415. The molecule has 21 heavy (non-hydrogen) atoms. The number of piperidine rings is 1. The third kappa shape index (κ3) is 4.45. The summed E-state index contributed by atoms with van der Waals surface area (Å²) in [6.45, 7) is 7.94.